The fraction of sp³-hybridized carbons (Fsp3) is 0.455. The van der Waals surface area contributed by atoms with E-state index in [1.807, 2.05) is 6.92 Å². The van der Waals surface area contributed by atoms with Crippen LogP contribution in [0.4, 0.5) is 8.78 Å². The van der Waals surface area contributed by atoms with E-state index >= 15 is 0 Å². The van der Waals surface area contributed by atoms with E-state index in [2.05, 4.69) is 0 Å². The Labute approximate surface area is 94.1 Å². The fourth-order valence-electron chi connectivity index (χ4n) is 1.44. The predicted molar refractivity (Wildman–Crippen MR) is 59.7 cm³/mol. The Kier molecular flexibility index (Phi) is 4.44. The first-order valence-corrected chi connectivity index (χ1v) is 5.32. The van der Waals surface area contributed by atoms with Crippen molar-refractivity contribution in [2.75, 3.05) is 0 Å². The molecule has 0 saturated heterocycles. The van der Waals surface area contributed by atoms with Crippen molar-refractivity contribution in [3.05, 3.63) is 29.8 Å². The van der Waals surface area contributed by atoms with Crippen LogP contribution < -0.4 is 5.46 Å². The van der Waals surface area contributed by atoms with Gasteiger partial charge in [0.05, 0.1) is 0 Å². The summed E-state index contributed by atoms with van der Waals surface area (Å²) in [4.78, 5) is 0. The fourth-order valence-corrected chi connectivity index (χ4v) is 1.44. The Balaban J connectivity index is 2.79. The van der Waals surface area contributed by atoms with Crippen LogP contribution >= 0.6 is 0 Å². The molecule has 0 aliphatic carbocycles. The zero-order valence-corrected chi connectivity index (χ0v) is 9.16. The molecule has 0 aliphatic rings. The lowest BCUT2D eigenvalue weighted by Gasteiger charge is -2.16. The lowest BCUT2D eigenvalue weighted by Crippen LogP contribution is -2.30. The van der Waals surface area contributed by atoms with Gasteiger partial charge in [0.25, 0.3) is 5.92 Å². The number of hydrogen-bond donors (Lipinski definition) is 2. The van der Waals surface area contributed by atoms with Gasteiger partial charge in [0, 0.05) is 12.0 Å². The van der Waals surface area contributed by atoms with Crippen LogP contribution in [0.5, 0.6) is 0 Å². The Bertz CT molecular complexity index is 325. The molecule has 1 aromatic carbocycles. The highest BCUT2D eigenvalue weighted by molar-refractivity contribution is 6.58. The van der Waals surface area contributed by atoms with Gasteiger partial charge in [-0.25, -0.2) is 8.78 Å². The van der Waals surface area contributed by atoms with E-state index in [4.69, 9.17) is 10.0 Å². The minimum absolute atomic E-state index is 0.0784. The molecule has 1 rings (SSSR count). The summed E-state index contributed by atoms with van der Waals surface area (Å²) in [6.45, 7) is 1.86. The van der Waals surface area contributed by atoms with Gasteiger partial charge in [-0.3, -0.25) is 0 Å². The lowest BCUT2D eigenvalue weighted by molar-refractivity contribution is -0.0154. The molecule has 0 radical (unpaired) electrons. The van der Waals surface area contributed by atoms with Crippen LogP contribution in [0.3, 0.4) is 0 Å². The highest BCUT2D eigenvalue weighted by Gasteiger charge is 2.30. The zero-order valence-electron chi connectivity index (χ0n) is 9.16. The van der Waals surface area contributed by atoms with Gasteiger partial charge < -0.3 is 10.0 Å². The molecule has 0 spiro atoms. The van der Waals surface area contributed by atoms with Gasteiger partial charge in [-0.05, 0) is 11.9 Å². The van der Waals surface area contributed by atoms with Crippen molar-refractivity contribution in [3.8, 4) is 0 Å². The molecule has 88 valence electrons. The second-order valence-corrected chi connectivity index (χ2v) is 3.80. The quantitative estimate of drug-likeness (QED) is 0.752. The van der Waals surface area contributed by atoms with Gasteiger partial charge in [0.15, 0.2) is 0 Å². The van der Waals surface area contributed by atoms with Crippen molar-refractivity contribution in [1.29, 1.82) is 0 Å². The van der Waals surface area contributed by atoms with Crippen molar-refractivity contribution in [1.82, 2.24) is 0 Å². The number of benzene rings is 1. The maximum absolute atomic E-state index is 13.6. The largest absolute Gasteiger partial charge is 0.488 e. The summed E-state index contributed by atoms with van der Waals surface area (Å²) >= 11 is 0. The van der Waals surface area contributed by atoms with E-state index in [0.29, 0.717) is 6.42 Å². The molecule has 2 N–H and O–H groups in total. The van der Waals surface area contributed by atoms with Gasteiger partial charge in [0.2, 0.25) is 0 Å². The van der Waals surface area contributed by atoms with Gasteiger partial charge in [0.1, 0.15) is 0 Å². The van der Waals surface area contributed by atoms with Gasteiger partial charge in [-0.15, -0.1) is 0 Å². The number of hydrogen-bond acceptors (Lipinski definition) is 2. The molecule has 5 heteroatoms. The summed E-state index contributed by atoms with van der Waals surface area (Å²) in [7, 11) is -1.61. The lowest BCUT2D eigenvalue weighted by atomic mass is 9.80. The number of rotatable bonds is 5. The third-order valence-electron chi connectivity index (χ3n) is 2.48. The average molecular weight is 228 g/mol. The molecular weight excluding hydrogens is 213 g/mol. The first kappa shape index (κ1) is 13.1. The highest BCUT2D eigenvalue weighted by Crippen LogP contribution is 2.32. The van der Waals surface area contributed by atoms with Crippen molar-refractivity contribution in [3.63, 3.8) is 0 Å². The van der Waals surface area contributed by atoms with Crippen LogP contribution in [-0.2, 0) is 5.92 Å². The van der Waals surface area contributed by atoms with Crippen LogP contribution in [0, 0.1) is 0 Å². The highest BCUT2D eigenvalue weighted by atomic mass is 19.3. The first-order chi connectivity index (χ1) is 7.47. The van der Waals surface area contributed by atoms with Gasteiger partial charge >= 0.3 is 7.12 Å². The Morgan fingerprint density at radius 2 is 1.75 bits per heavy atom. The predicted octanol–water partition coefficient (Wildman–Crippen LogP) is 1.65. The van der Waals surface area contributed by atoms with E-state index in [1.165, 1.54) is 24.3 Å². The van der Waals surface area contributed by atoms with E-state index < -0.39 is 13.0 Å². The molecule has 16 heavy (non-hydrogen) atoms. The third-order valence-corrected chi connectivity index (χ3v) is 2.48. The molecule has 0 fully saturated rings. The van der Waals surface area contributed by atoms with E-state index in [0.717, 1.165) is 6.42 Å². The Morgan fingerprint density at radius 3 is 2.19 bits per heavy atom. The molecule has 0 heterocycles. The summed E-state index contributed by atoms with van der Waals surface area (Å²) in [5.74, 6) is -2.84. The summed E-state index contributed by atoms with van der Waals surface area (Å²) in [6.07, 6.45) is 1.02. The van der Waals surface area contributed by atoms with Crippen LogP contribution in [0.2, 0.25) is 0 Å². The van der Waals surface area contributed by atoms with Gasteiger partial charge in [-0.1, -0.05) is 37.6 Å². The minimum atomic E-state index is -2.84. The van der Waals surface area contributed by atoms with E-state index in [9.17, 15) is 8.78 Å². The van der Waals surface area contributed by atoms with Crippen molar-refractivity contribution >= 4 is 12.6 Å². The molecule has 0 aliphatic heterocycles. The van der Waals surface area contributed by atoms with Crippen LogP contribution in [0.25, 0.3) is 0 Å². The molecule has 0 unspecified atom stereocenters. The minimum Gasteiger partial charge on any atom is -0.423 e. The number of halogens is 2. The molecule has 0 atom stereocenters. The Hall–Kier alpha value is -0.935. The topological polar surface area (TPSA) is 40.5 Å². The smallest absolute Gasteiger partial charge is 0.423 e. The summed E-state index contributed by atoms with van der Waals surface area (Å²) < 4.78 is 27.1. The summed E-state index contributed by atoms with van der Waals surface area (Å²) in [5, 5.41) is 17.7. The summed E-state index contributed by atoms with van der Waals surface area (Å²) in [5.41, 5.74) is 0.139. The number of unbranched alkanes of at least 4 members (excludes halogenated alkanes) is 1. The molecule has 2 nitrogen and oxygen atoms in total. The molecule has 0 aromatic heterocycles. The van der Waals surface area contributed by atoms with Crippen molar-refractivity contribution in [2.24, 2.45) is 0 Å². The van der Waals surface area contributed by atoms with Crippen LogP contribution in [0.1, 0.15) is 31.7 Å². The Morgan fingerprint density at radius 1 is 1.19 bits per heavy atom. The van der Waals surface area contributed by atoms with Gasteiger partial charge in [-0.2, -0.15) is 0 Å². The zero-order chi connectivity index (χ0) is 12.2. The number of alkyl halides is 2. The normalized spacial score (nSPS) is 11.6. The SMILES string of the molecule is CCCCC(F)(F)c1ccc(B(O)O)cc1. The maximum atomic E-state index is 13.6. The third kappa shape index (κ3) is 3.28. The van der Waals surface area contributed by atoms with Crippen LogP contribution in [0.15, 0.2) is 24.3 Å². The molecule has 0 saturated carbocycles. The second kappa shape index (κ2) is 5.41. The van der Waals surface area contributed by atoms with E-state index in [-0.39, 0.29) is 17.4 Å². The standard InChI is InChI=1S/C11H15BF2O2/c1-2-3-8-11(13,14)9-4-6-10(7-5-9)12(15)16/h4-7,15-16H,2-3,8H2,1H3. The van der Waals surface area contributed by atoms with Crippen LogP contribution in [-0.4, -0.2) is 17.2 Å². The molecule has 0 bridgehead atoms. The monoisotopic (exact) mass is 228 g/mol. The molecule has 1 aromatic rings. The maximum Gasteiger partial charge on any atom is 0.488 e. The average Bonchev–Trinajstić information content (AvgIpc) is 2.26. The first-order valence-electron chi connectivity index (χ1n) is 5.32. The molecule has 0 amide bonds. The van der Waals surface area contributed by atoms with Crippen molar-refractivity contribution in [2.45, 2.75) is 32.1 Å². The van der Waals surface area contributed by atoms with Crippen molar-refractivity contribution < 1.29 is 18.8 Å². The molecular formula is C11H15BF2O2. The summed E-state index contributed by atoms with van der Waals surface area (Å²) in [6, 6.07) is 5.09. The van der Waals surface area contributed by atoms with E-state index in [1.54, 1.807) is 0 Å². The second-order valence-electron chi connectivity index (χ2n) is 3.80.